The van der Waals surface area contributed by atoms with Crippen LogP contribution < -0.4 is 10.6 Å². The van der Waals surface area contributed by atoms with E-state index in [0.717, 1.165) is 0 Å². The molecule has 0 bridgehead atoms. The maximum absolute atomic E-state index is 12.0. The van der Waals surface area contributed by atoms with Crippen LogP contribution in [0.4, 0.5) is 0 Å². The molecule has 1 atom stereocenters. The zero-order valence-electron chi connectivity index (χ0n) is 15.0. The van der Waals surface area contributed by atoms with Crippen molar-refractivity contribution in [2.45, 2.75) is 59.3 Å². The van der Waals surface area contributed by atoms with Crippen molar-refractivity contribution in [2.75, 3.05) is 14.1 Å². The van der Waals surface area contributed by atoms with Gasteiger partial charge in [0.1, 0.15) is 11.6 Å². The molecule has 132 valence electrons. The third kappa shape index (κ3) is 9.11. The minimum atomic E-state index is -0.636. The van der Waals surface area contributed by atoms with Crippen LogP contribution in [0.15, 0.2) is 0 Å². The van der Waals surface area contributed by atoms with Gasteiger partial charge in [0.25, 0.3) is 0 Å². The van der Waals surface area contributed by atoms with Crippen LogP contribution in [0.25, 0.3) is 0 Å². The second kappa shape index (κ2) is 10.1. The molecule has 0 aromatic carbocycles. The first-order valence-corrected chi connectivity index (χ1v) is 8.09. The number of rotatable bonds is 10. The SMILES string of the molecule is CNC(=O)C[C@H](CC(=O)CCCCC(=O)C(C)(C)C)C(=O)NC. The number of amides is 2. The topological polar surface area (TPSA) is 92.3 Å². The highest BCUT2D eigenvalue weighted by Crippen LogP contribution is 2.19. The molecule has 0 spiro atoms. The van der Waals surface area contributed by atoms with Gasteiger partial charge >= 0.3 is 0 Å². The van der Waals surface area contributed by atoms with E-state index in [-0.39, 0.29) is 41.6 Å². The van der Waals surface area contributed by atoms with Gasteiger partial charge in [0.15, 0.2) is 0 Å². The Morgan fingerprint density at radius 1 is 0.870 bits per heavy atom. The first-order valence-electron chi connectivity index (χ1n) is 8.09. The monoisotopic (exact) mass is 326 g/mol. The van der Waals surface area contributed by atoms with Crippen molar-refractivity contribution in [3.05, 3.63) is 0 Å². The lowest BCUT2D eigenvalue weighted by Crippen LogP contribution is -2.33. The molecule has 0 aromatic heterocycles. The largest absolute Gasteiger partial charge is 0.359 e. The van der Waals surface area contributed by atoms with Crippen LogP contribution in [0, 0.1) is 11.3 Å². The standard InChI is InChI=1S/C17H30N2O4/c1-17(2,3)14(21)9-7-6-8-13(20)10-12(16(23)19-5)11-15(22)18-4/h12H,6-11H2,1-5H3,(H,18,22)(H,19,23)/t12-/m0/s1. The van der Waals surface area contributed by atoms with E-state index in [1.165, 1.54) is 14.1 Å². The number of unbranched alkanes of at least 4 members (excludes halogenated alkanes) is 1. The minimum Gasteiger partial charge on any atom is -0.359 e. The summed E-state index contributed by atoms with van der Waals surface area (Å²) in [5.74, 6) is -1.06. The summed E-state index contributed by atoms with van der Waals surface area (Å²) in [7, 11) is 2.99. The van der Waals surface area contributed by atoms with Crippen LogP contribution in [0.3, 0.4) is 0 Å². The first-order chi connectivity index (χ1) is 10.6. The van der Waals surface area contributed by atoms with Crippen molar-refractivity contribution in [1.29, 1.82) is 0 Å². The van der Waals surface area contributed by atoms with Crippen molar-refractivity contribution < 1.29 is 19.2 Å². The van der Waals surface area contributed by atoms with E-state index in [4.69, 9.17) is 0 Å². The molecule has 0 aliphatic rings. The van der Waals surface area contributed by atoms with Gasteiger partial charge in [-0.2, -0.15) is 0 Å². The van der Waals surface area contributed by atoms with Gasteiger partial charge in [0, 0.05) is 45.2 Å². The molecule has 0 rings (SSSR count). The normalized spacial score (nSPS) is 12.4. The van der Waals surface area contributed by atoms with Crippen molar-refractivity contribution in [3.63, 3.8) is 0 Å². The van der Waals surface area contributed by atoms with E-state index in [1.807, 2.05) is 20.8 Å². The quantitative estimate of drug-likeness (QED) is 0.597. The van der Waals surface area contributed by atoms with Gasteiger partial charge in [-0.3, -0.25) is 19.2 Å². The van der Waals surface area contributed by atoms with Crippen LogP contribution >= 0.6 is 0 Å². The molecule has 0 aliphatic heterocycles. The van der Waals surface area contributed by atoms with E-state index in [9.17, 15) is 19.2 Å². The highest BCUT2D eigenvalue weighted by atomic mass is 16.2. The van der Waals surface area contributed by atoms with Gasteiger partial charge < -0.3 is 10.6 Å². The third-order valence-corrected chi connectivity index (χ3v) is 3.75. The molecule has 0 unspecified atom stereocenters. The fraction of sp³-hybridized carbons (Fsp3) is 0.765. The molecule has 0 radical (unpaired) electrons. The predicted octanol–water partition coefficient (Wildman–Crippen LogP) is 1.62. The van der Waals surface area contributed by atoms with Crippen LogP contribution in [0.2, 0.25) is 0 Å². The minimum absolute atomic E-state index is 0.00439. The molecule has 0 aliphatic carbocycles. The second-order valence-electron chi connectivity index (χ2n) is 6.81. The fourth-order valence-corrected chi connectivity index (χ4v) is 2.15. The van der Waals surface area contributed by atoms with Crippen LogP contribution in [0.5, 0.6) is 0 Å². The van der Waals surface area contributed by atoms with Gasteiger partial charge in [-0.05, 0) is 12.8 Å². The maximum atomic E-state index is 12.0. The van der Waals surface area contributed by atoms with Gasteiger partial charge in [-0.1, -0.05) is 20.8 Å². The molecule has 2 N–H and O–H groups in total. The molecule has 23 heavy (non-hydrogen) atoms. The third-order valence-electron chi connectivity index (χ3n) is 3.75. The summed E-state index contributed by atoms with van der Waals surface area (Å²) >= 11 is 0. The Bertz CT molecular complexity index is 438. The van der Waals surface area contributed by atoms with Crippen molar-refractivity contribution in [2.24, 2.45) is 11.3 Å². The molecule has 0 fully saturated rings. The lowest BCUT2D eigenvalue weighted by atomic mass is 9.87. The molecule has 0 aromatic rings. The number of ketones is 2. The highest BCUT2D eigenvalue weighted by molar-refractivity contribution is 5.90. The summed E-state index contributed by atoms with van der Waals surface area (Å²) in [6.07, 6.45) is 2.15. The Balaban J connectivity index is 4.25. The number of nitrogens with one attached hydrogen (secondary N) is 2. The number of carbonyl (C=O) groups is 4. The fourth-order valence-electron chi connectivity index (χ4n) is 2.15. The lowest BCUT2D eigenvalue weighted by molar-refractivity contribution is -0.132. The highest BCUT2D eigenvalue weighted by Gasteiger charge is 2.24. The van der Waals surface area contributed by atoms with E-state index < -0.39 is 5.92 Å². The second-order valence-corrected chi connectivity index (χ2v) is 6.81. The van der Waals surface area contributed by atoms with E-state index >= 15 is 0 Å². The summed E-state index contributed by atoms with van der Waals surface area (Å²) in [6, 6.07) is 0. The van der Waals surface area contributed by atoms with Gasteiger partial charge in [0.05, 0.1) is 5.92 Å². The molecular formula is C17H30N2O4. The van der Waals surface area contributed by atoms with E-state index in [2.05, 4.69) is 10.6 Å². The Morgan fingerprint density at radius 2 is 1.43 bits per heavy atom. The Labute approximate surface area is 138 Å². The molecule has 0 heterocycles. The summed E-state index contributed by atoms with van der Waals surface area (Å²) < 4.78 is 0. The van der Waals surface area contributed by atoms with Crippen molar-refractivity contribution >= 4 is 23.4 Å². The average Bonchev–Trinajstić information content (AvgIpc) is 2.48. The summed E-state index contributed by atoms with van der Waals surface area (Å²) in [4.78, 5) is 46.9. The number of Topliss-reactive ketones (excluding diaryl/α,β-unsaturated/α-hetero) is 2. The summed E-state index contributed by atoms with van der Waals surface area (Å²) in [5, 5.41) is 4.94. The zero-order valence-corrected chi connectivity index (χ0v) is 15.0. The van der Waals surface area contributed by atoms with Crippen LogP contribution in [0.1, 0.15) is 59.3 Å². The Hall–Kier alpha value is -1.72. The van der Waals surface area contributed by atoms with Crippen molar-refractivity contribution in [3.8, 4) is 0 Å². The Kier molecular flexibility index (Phi) is 9.37. The van der Waals surface area contributed by atoms with Crippen molar-refractivity contribution in [1.82, 2.24) is 10.6 Å². The smallest absolute Gasteiger partial charge is 0.223 e. The maximum Gasteiger partial charge on any atom is 0.223 e. The molecule has 0 saturated heterocycles. The first kappa shape index (κ1) is 21.3. The summed E-state index contributed by atoms with van der Waals surface area (Å²) in [5.41, 5.74) is -0.345. The molecule has 6 heteroatoms. The number of hydrogen-bond donors (Lipinski definition) is 2. The number of hydrogen-bond acceptors (Lipinski definition) is 4. The van der Waals surface area contributed by atoms with Gasteiger partial charge in [-0.15, -0.1) is 0 Å². The van der Waals surface area contributed by atoms with E-state index in [1.54, 1.807) is 0 Å². The molecule has 0 saturated carbocycles. The van der Waals surface area contributed by atoms with E-state index in [0.29, 0.717) is 25.7 Å². The predicted molar refractivity (Wildman–Crippen MR) is 88.8 cm³/mol. The zero-order chi connectivity index (χ0) is 18.0. The van der Waals surface area contributed by atoms with Crippen LogP contribution in [-0.2, 0) is 19.2 Å². The average molecular weight is 326 g/mol. The van der Waals surface area contributed by atoms with Gasteiger partial charge in [-0.25, -0.2) is 0 Å². The van der Waals surface area contributed by atoms with Crippen LogP contribution in [-0.4, -0.2) is 37.5 Å². The molecular weight excluding hydrogens is 296 g/mol. The number of carbonyl (C=O) groups excluding carboxylic acids is 4. The molecule has 6 nitrogen and oxygen atoms in total. The Morgan fingerprint density at radius 3 is 1.91 bits per heavy atom. The lowest BCUT2D eigenvalue weighted by Gasteiger charge is -2.16. The molecule has 2 amide bonds. The summed E-state index contributed by atoms with van der Waals surface area (Å²) in [6.45, 7) is 5.65. The van der Waals surface area contributed by atoms with Gasteiger partial charge in [0.2, 0.25) is 11.8 Å².